The van der Waals surface area contributed by atoms with Crippen molar-refractivity contribution < 1.29 is 19.4 Å². The van der Waals surface area contributed by atoms with Crippen LogP contribution in [0, 0.1) is 5.92 Å². The van der Waals surface area contributed by atoms with E-state index in [1.54, 1.807) is 33.0 Å². The molecule has 7 nitrogen and oxygen atoms in total. The Balaban J connectivity index is 1.42. The van der Waals surface area contributed by atoms with Gasteiger partial charge in [-0.25, -0.2) is 4.79 Å². The molecule has 0 spiro atoms. The second-order valence-corrected chi connectivity index (χ2v) is 11.9. The molecule has 2 heterocycles. The van der Waals surface area contributed by atoms with E-state index < -0.39 is 29.3 Å². The third kappa shape index (κ3) is 6.22. The van der Waals surface area contributed by atoms with Crippen molar-refractivity contribution >= 4 is 11.9 Å². The molecule has 1 fully saturated rings. The molecule has 0 amide bonds. The number of aryl methyl sites for hydroxylation is 1. The maximum Gasteiger partial charge on any atom is 0.435 e. The van der Waals surface area contributed by atoms with Crippen molar-refractivity contribution in [3.8, 4) is 0 Å². The van der Waals surface area contributed by atoms with Crippen molar-refractivity contribution in [3.05, 3.63) is 126 Å². The quantitative estimate of drug-likeness (QED) is 0.270. The number of aromatic nitrogens is 2. The van der Waals surface area contributed by atoms with Crippen LogP contribution < -0.4 is 0 Å². The molecule has 7 heteroatoms. The summed E-state index contributed by atoms with van der Waals surface area (Å²) in [5.41, 5.74) is 2.72. The molecule has 5 rings (SSSR count). The fourth-order valence-corrected chi connectivity index (χ4v) is 5.99. The van der Waals surface area contributed by atoms with E-state index in [-0.39, 0.29) is 5.78 Å². The number of benzene rings is 3. The summed E-state index contributed by atoms with van der Waals surface area (Å²) < 4.78 is 6.56. The smallest absolute Gasteiger partial charge is 0.435 e. The van der Waals surface area contributed by atoms with Gasteiger partial charge in [0.1, 0.15) is 11.4 Å². The van der Waals surface area contributed by atoms with E-state index in [0.717, 1.165) is 16.7 Å². The third-order valence-electron chi connectivity index (χ3n) is 7.89. The van der Waals surface area contributed by atoms with E-state index in [0.29, 0.717) is 38.0 Å². The number of likely N-dealkylation sites (tertiary alicyclic amines) is 1. The highest BCUT2D eigenvalue weighted by atomic mass is 16.6. The van der Waals surface area contributed by atoms with Crippen molar-refractivity contribution in [1.82, 2.24) is 14.7 Å². The van der Waals surface area contributed by atoms with E-state index in [4.69, 9.17) is 4.74 Å². The van der Waals surface area contributed by atoms with E-state index in [1.807, 2.05) is 54.6 Å². The van der Waals surface area contributed by atoms with E-state index in [9.17, 15) is 14.7 Å². The molecule has 0 radical (unpaired) electrons. The van der Waals surface area contributed by atoms with Crippen LogP contribution in [0.5, 0.6) is 0 Å². The maximum absolute atomic E-state index is 13.3. The second kappa shape index (κ2) is 12.4. The van der Waals surface area contributed by atoms with Crippen LogP contribution >= 0.6 is 0 Å². The molecule has 1 saturated heterocycles. The van der Waals surface area contributed by atoms with E-state index in [2.05, 4.69) is 46.4 Å². The number of piperidine rings is 1. The number of hydrogen-bond acceptors (Lipinski definition) is 6. The van der Waals surface area contributed by atoms with Crippen LogP contribution in [-0.2, 0) is 21.5 Å². The fraction of sp³-hybridized carbons (Fsp3) is 0.343. The zero-order valence-electron chi connectivity index (χ0n) is 24.5. The lowest BCUT2D eigenvalue weighted by atomic mass is 9.73. The molecular weight excluding hydrogens is 526 g/mol. The van der Waals surface area contributed by atoms with Gasteiger partial charge in [0.2, 0.25) is 0 Å². The number of aliphatic hydroxyl groups excluding tert-OH is 1. The van der Waals surface area contributed by atoms with Crippen LogP contribution in [0.3, 0.4) is 0 Å². The molecule has 42 heavy (non-hydrogen) atoms. The summed E-state index contributed by atoms with van der Waals surface area (Å²) in [6.45, 7) is 6.39. The van der Waals surface area contributed by atoms with Gasteiger partial charge in [0.15, 0.2) is 0 Å². The number of ether oxygens (including phenoxy) is 1. The zero-order chi connectivity index (χ0) is 29.7. The first-order chi connectivity index (χ1) is 20.2. The summed E-state index contributed by atoms with van der Waals surface area (Å²) in [7, 11) is 0. The minimum atomic E-state index is -0.855. The molecule has 2 unspecified atom stereocenters. The van der Waals surface area contributed by atoms with Crippen molar-refractivity contribution in [2.45, 2.75) is 57.3 Å². The molecule has 218 valence electrons. The lowest BCUT2D eigenvalue weighted by Gasteiger charge is -2.49. The Labute approximate surface area is 247 Å². The monoisotopic (exact) mass is 565 g/mol. The maximum atomic E-state index is 13.3. The summed E-state index contributed by atoms with van der Waals surface area (Å²) in [4.78, 5) is 28.0. The van der Waals surface area contributed by atoms with Gasteiger partial charge >= 0.3 is 6.09 Å². The zero-order valence-corrected chi connectivity index (χ0v) is 24.5. The Hall–Kier alpha value is -4.07. The summed E-state index contributed by atoms with van der Waals surface area (Å²) >= 11 is 0. The number of rotatable bonds is 8. The van der Waals surface area contributed by atoms with Crippen molar-refractivity contribution in [3.63, 3.8) is 0 Å². The Morgan fingerprint density at radius 3 is 1.93 bits per heavy atom. The average Bonchev–Trinajstić information content (AvgIpc) is 3.47. The first-order valence-electron chi connectivity index (χ1n) is 14.6. The van der Waals surface area contributed by atoms with Crippen LogP contribution in [0.15, 0.2) is 103 Å². The Kier molecular flexibility index (Phi) is 8.71. The molecule has 4 aromatic rings. The van der Waals surface area contributed by atoms with Gasteiger partial charge in [-0.05, 0) is 56.4 Å². The number of Topliss-reactive ketones (excluding diaryl/α,β-unsaturated/α-hetero) is 1. The highest BCUT2D eigenvalue weighted by molar-refractivity contribution is 5.83. The van der Waals surface area contributed by atoms with Gasteiger partial charge in [0.25, 0.3) is 0 Å². The normalized spacial score (nSPS) is 17.1. The second-order valence-electron chi connectivity index (χ2n) is 11.9. The van der Waals surface area contributed by atoms with Crippen molar-refractivity contribution in [1.29, 1.82) is 0 Å². The van der Waals surface area contributed by atoms with Gasteiger partial charge in [-0.3, -0.25) is 9.69 Å². The minimum Gasteiger partial charge on any atom is -0.442 e. The largest absolute Gasteiger partial charge is 0.442 e. The third-order valence-corrected chi connectivity index (χ3v) is 7.89. The molecule has 2 atom stereocenters. The van der Waals surface area contributed by atoms with Gasteiger partial charge in [0.05, 0.1) is 23.3 Å². The number of nitrogens with zero attached hydrogens (tertiary/aromatic N) is 3. The average molecular weight is 566 g/mol. The summed E-state index contributed by atoms with van der Waals surface area (Å²) in [6, 6.07) is 32.9. The number of carbonyl (C=O) groups is 2. The molecule has 1 N–H and O–H groups in total. The van der Waals surface area contributed by atoms with Gasteiger partial charge < -0.3 is 9.84 Å². The van der Waals surface area contributed by atoms with Crippen LogP contribution in [0.2, 0.25) is 0 Å². The molecule has 0 aliphatic carbocycles. The van der Waals surface area contributed by atoms with Crippen molar-refractivity contribution in [2.75, 3.05) is 13.1 Å². The van der Waals surface area contributed by atoms with Gasteiger partial charge in [-0.2, -0.15) is 9.78 Å². The molecule has 1 aliphatic heterocycles. The first kappa shape index (κ1) is 29.4. The first-order valence-corrected chi connectivity index (χ1v) is 14.6. The number of hydrogen-bond donors (Lipinski definition) is 1. The van der Waals surface area contributed by atoms with Gasteiger partial charge in [-0.1, -0.05) is 91.0 Å². The van der Waals surface area contributed by atoms with Crippen molar-refractivity contribution in [2.24, 2.45) is 5.92 Å². The molecule has 0 bridgehead atoms. The Bertz CT molecular complexity index is 1380. The van der Waals surface area contributed by atoms with Gasteiger partial charge in [0, 0.05) is 25.7 Å². The topological polar surface area (TPSA) is 84.7 Å². The van der Waals surface area contributed by atoms with Crippen LogP contribution in [0.1, 0.15) is 56.0 Å². The summed E-state index contributed by atoms with van der Waals surface area (Å²) in [5.74, 6) is -0.483. The lowest BCUT2D eigenvalue weighted by molar-refractivity contribution is -0.132. The number of ketones is 1. The van der Waals surface area contributed by atoms with Crippen LogP contribution in [0.25, 0.3) is 0 Å². The molecular formula is C35H39N3O4. The fourth-order valence-electron chi connectivity index (χ4n) is 5.99. The van der Waals surface area contributed by atoms with E-state index >= 15 is 0 Å². The van der Waals surface area contributed by atoms with E-state index in [1.165, 1.54) is 4.68 Å². The molecule has 0 saturated carbocycles. The standard InChI is InChI=1S/C35H39N3O4/c1-34(2,3)42-33(41)38-24-21-29(36-38)19-20-31(39)30-25-37(23-22-32(30)40)35(26-13-7-4-8-14-26,27-15-9-5-10-16-27)28-17-11-6-12-18-28/h4-18,21,24,30-31,39H,19-20,22-23,25H2,1-3H3. The predicted molar refractivity (Wildman–Crippen MR) is 162 cm³/mol. The number of carbonyl (C=O) groups excluding carboxylic acids is 2. The minimum absolute atomic E-state index is 0.0705. The Morgan fingerprint density at radius 1 is 0.905 bits per heavy atom. The summed E-state index contributed by atoms with van der Waals surface area (Å²) in [5, 5.41) is 15.7. The lowest BCUT2D eigenvalue weighted by Crippen LogP contribution is -2.56. The molecule has 1 aromatic heterocycles. The predicted octanol–water partition coefficient (Wildman–Crippen LogP) is 5.84. The number of aliphatic hydroxyl groups is 1. The SMILES string of the molecule is CC(C)(C)OC(=O)n1ccc(CCC(O)C2CN(C(c3ccccc3)(c3ccccc3)c3ccccc3)CCC2=O)n1. The highest BCUT2D eigenvalue weighted by Gasteiger charge is 2.46. The van der Waals surface area contributed by atoms with Crippen LogP contribution in [-0.4, -0.2) is 56.5 Å². The highest BCUT2D eigenvalue weighted by Crippen LogP contribution is 2.44. The molecule has 1 aliphatic rings. The Morgan fingerprint density at radius 2 is 1.43 bits per heavy atom. The van der Waals surface area contributed by atoms with Crippen LogP contribution in [0.4, 0.5) is 4.79 Å². The molecule has 3 aromatic carbocycles. The van der Waals surface area contributed by atoms with Gasteiger partial charge in [-0.15, -0.1) is 0 Å². The summed E-state index contributed by atoms with van der Waals surface area (Å²) in [6.07, 6.45) is 1.30.